The molecule has 3 heterocycles. The first-order chi connectivity index (χ1) is 16.7. The number of ether oxygens (including phenoxy) is 2. The van der Waals surface area contributed by atoms with Crippen LogP contribution in [0.25, 0.3) is 16.9 Å². The summed E-state index contributed by atoms with van der Waals surface area (Å²) in [6, 6.07) is 15.0. The van der Waals surface area contributed by atoms with Crippen LogP contribution in [0.4, 0.5) is 16.3 Å². The lowest BCUT2D eigenvalue weighted by Gasteiger charge is -2.36. The van der Waals surface area contributed by atoms with Crippen molar-refractivity contribution in [3.8, 4) is 22.6 Å². The molecule has 10 heteroatoms. The number of carbonyl (C=O) groups is 1. The molecule has 2 amide bonds. The third-order valence-electron chi connectivity index (χ3n) is 5.87. The lowest BCUT2D eigenvalue weighted by molar-refractivity contribution is 0.208. The van der Waals surface area contributed by atoms with Gasteiger partial charge in [0.15, 0.2) is 0 Å². The minimum atomic E-state index is -0.135. The number of rotatable bonds is 5. The molecular weight excluding hydrogens is 434 g/mol. The van der Waals surface area contributed by atoms with Crippen LogP contribution in [0, 0.1) is 0 Å². The number of methoxy groups -OCH3 is 2. The monoisotopic (exact) mass is 459 g/mol. The van der Waals surface area contributed by atoms with E-state index in [1.165, 1.54) is 6.33 Å². The van der Waals surface area contributed by atoms with Gasteiger partial charge in [-0.25, -0.2) is 9.78 Å². The highest BCUT2D eigenvalue weighted by Crippen LogP contribution is 2.32. The number of fused-ring (bicyclic) bond motifs is 1. The summed E-state index contributed by atoms with van der Waals surface area (Å²) in [5.41, 5.74) is 2.64. The first kappa shape index (κ1) is 21.5. The molecule has 2 aromatic carbocycles. The fourth-order valence-corrected chi connectivity index (χ4v) is 4.07. The number of nitrogens with zero attached hydrogens (tertiary/aromatic N) is 6. The van der Waals surface area contributed by atoms with Gasteiger partial charge in [-0.3, -0.25) is 0 Å². The molecule has 0 bridgehead atoms. The van der Waals surface area contributed by atoms with Crippen molar-refractivity contribution in [3.05, 3.63) is 61.1 Å². The smallest absolute Gasteiger partial charge is 0.321 e. The Morgan fingerprint density at radius 2 is 1.71 bits per heavy atom. The molecule has 1 N–H and O–H groups in total. The lowest BCUT2D eigenvalue weighted by Crippen LogP contribution is -2.50. The molecule has 4 aromatic rings. The Morgan fingerprint density at radius 1 is 0.941 bits per heavy atom. The first-order valence-electron chi connectivity index (χ1n) is 10.9. The lowest BCUT2D eigenvalue weighted by atomic mass is 10.1. The van der Waals surface area contributed by atoms with Crippen LogP contribution < -0.4 is 19.7 Å². The summed E-state index contributed by atoms with van der Waals surface area (Å²) < 4.78 is 12.3. The molecule has 0 radical (unpaired) electrons. The maximum Gasteiger partial charge on any atom is 0.321 e. The highest BCUT2D eigenvalue weighted by atomic mass is 16.5. The normalized spacial score (nSPS) is 13.7. The number of nitrogens with one attached hydrogen (secondary N) is 1. The summed E-state index contributed by atoms with van der Waals surface area (Å²) in [5, 5.41) is 7.37. The van der Waals surface area contributed by atoms with Gasteiger partial charge in [0.05, 0.1) is 14.2 Å². The summed E-state index contributed by atoms with van der Waals surface area (Å²) in [6.07, 6.45) is 3.32. The number of benzene rings is 2. The molecule has 0 saturated carbocycles. The summed E-state index contributed by atoms with van der Waals surface area (Å²) in [7, 11) is 3.25. The predicted molar refractivity (Wildman–Crippen MR) is 129 cm³/mol. The molecule has 1 fully saturated rings. The second-order valence-corrected chi connectivity index (χ2v) is 7.83. The molecule has 34 heavy (non-hydrogen) atoms. The van der Waals surface area contributed by atoms with E-state index < -0.39 is 0 Å². The molecular formula is C24H25N7O3. The number of urea groups is 1. The molecule has 1 saturated heterocycles. The number of hydrogen-bond acceptors (Lipinski definition) is 7. The van der Waals surface area contributed by atoms with Gasteiger partial charge < -0.3 is 24.6 Å². The fourth-order valence-electron chi connectivity index (χ4n) is 4.07. The first-order valence-corrected chi connectivity index (χ1v) is 10.9. The van der Waals surface area contributed by atoms with E-state index in [2.05, 4.69) is 25.3 Å². The maximum atomic E-state index is 12.8. The van der Waals surface area contributed by atoms with Crippen molar-refractivity contribution in [2.24, 2.45) is 0 Å². The minimum absolute atomic E-state index is 0.135. The zero-order valence-corrected chi connectivity index (χ0v) is 19.0. The van der Waals surface area contributed by atoms with Gasteiger partial charge in [0, 0.05) is 49.7 Å². The van der Waals surface area contributed by atoms with E-state index in [1.807, 2.05) is 53.6 Å². The van der Waals surface area contributed by atoms with Gasteiger partial charge in [0.25, 0.3) is 5.78 Å². The van der Waals surface area contributed by atoms with Gasteiger partial charge in [0.1, 0.15) is 23.6 Å². The average molecular weight is 460 g/mol. The van der Waals surface area contributed by atoms with Crippen LogP contribution in [0.3, 0.4) is 0 Å². The fraction of sp³-hybridized carbons (Fsp3) is 0.250. The van der Waals surface area contributed by atoms with E-state index in [0.29, 0.717) is 43.4 Å². The van der Waals surface area contributed by atoms with Crippen molar-refractivity contribution in [1.29, 1.82) is 0 Å². The second kappa shape index (κ2) is 9.26. The summed E-state index contributed by atoms with van der Waals surface area (Å²) >= 11 is 0. The van der Waals surface area contributed by atoms with Gasteiger partial charge in [-0.15, -0.1) is 0 Å². The summed E-state index contributed by atoms with van der Waals surface area (Å²) in [4.78, 5) is 25.6. The van der Waals surface area contributed by atoms with Crippen LogP contribution in [-0.2, 0) is 0 Å². The van der Waals surface area contributed by atoms with Gasteiger partial charge in [-0.05, 0) is 29.8 Å². The van der Waals surface area contributed by atoms with Crippen LogP contribution in [0.1, 0.15) is 0 Å². The molecule has 10 nitrogen and oxygen atoms in total. The molecule has 1 aliphatic rings. The Morgan fingerprint density at radius 3 is 2.44 bits per heavy atom. The highest BCUT2D eigenvalue weighted by Gasteiger charge is 2.26. The van der Waals surface area contributed by atoms with E-state index in [-0.39, 0.29) is 6.03 Å². The van der Waals surface area contributed by atoms with Gasteiger partial charge >= 0.3 is 6.03 Å². The molecule has 1 aliphatic heterocycles. The van der Waals surface area contributed by atoms with E-state index in [9.17, 15) is 4.79 Å². The minimum Gasteiger partial charge on any atom is -0.497 e. The molecule has 0 atom stereocenters. The third kappa shape index (κ3) is 4.17. The maximum absolute atomic E-state index is 12.8. The Kier molecular flexibility index (Phi) is 5.86. The van der Waals surface area contributed by atoms with Crippen LogP contribution in [0.15, 0.2) is 61.1 Å². The molecule has 0 spiro atoms. The Hall–Kier alpha value is -4.34. The van der Waals surface area contributed by atoms with Gasteiger partial charge in [-0.2, -0.15) is 14.6 Å². The highest BCUT2D eigenvalue weighted by molar-refractivity contribution is 5.89. The number of piperazine rings is 1. The van der Waals surface area contributed by atoms with Crippen molar-refractivity contribution in [3.63, 3.8) is 0 Å². The number of amides is 2. The van der Waals surface area contributed by atoms with E-state index in [4.69, 9.17) is 9.47 Å². The van der Waals surface area contributed by atoms with E-state index >= 15 is 0 Å². The van der Waals surface area contributed by atoms with Gasteiger partial charge in [0.2, 0.25) is 0 Å². The Bertz CT molecular complexity index is 1300. The zero-order valence-electron chi connectivity index (χ0n) is 19.0. The van der Waals surface area contributed by atoms with Crippen molar-refractivity contribution in [2.75, 3.05) is 50.6 Å². The van der Waals surface area contributed by atoms with Crippen LogP contribution in [0.5, 0.6) is 11.5 Å². The number of aromatic nitrogens is 4. The van der Waals surface area contributed by atoms with E-state index in [1.54, 1.807) is 24.8 Å². The predicted octanol–water partition coefficient (Wildman–Crippen LogP) is 3.16. The Labute approximate surface area is 196 Å². The van der Waals surface area contributed by atoms with Crippen molar-refractivity contribution >= 4 is 23.3 Å². The zero-order chi connectivity index (χ0) is 23.5. The summed E-state index contributed by atoms with van der Waals surface area (Å²) in [6.45, 7) is 2.42. The largest absolute Gasteiger partial charge is 0.497 e. The van der Waals surface area contributed by atoms with E-state index in [0.717, 1.165) is 22.7 Å². The van der Waals surface area contributed by atoms with Gasteiger partial charge in [-0.1, -0.05) is 18.2 Å². The topological polar surface area (TPSA) is 97.1 Å². The van der Waals surface area contributed by atoms with Crippen LogP contribution in [-0.4, -0.2) is 70.9 Å². The van der Waals surface area contributed by atoms with Crippen LogP contribution in [0.2, 0.25) is 0 Å². The second-order valence-electron chi connectivity index (χ2n) is 7.83. The number of carbonyl (C=O) groups excluding carboxylic acids is 1. The van der Waals surface area contributed by atoms with Crippen molar-refractivity contribution in [2.45, 2.75) is 0 Å². The standard InChI is InChI=1S/C24H25N7O3/c1-33-19-8-6-17(7-9-19)21-15-25-23-26-16-27-31(23)22(21)29-10-12-30(13-11-29)24(32)28-18-4-3-5-20(14-18)34-2/h3-9,14-16H,10-13H2,1-2H3,(H,28,32). The quantitative estimate of drug-likeness (QED) is 0.490. The SMILES string of the molecule is COc1ccc(-c2cnc3ncnn3c2N2CCN(C(=O)Nc3cccc(OC)c3)CC2)cc1. The molecule has 174 valence electrons. The molecule has 0 unspecified atom stereocenters. The molecule has 0 aliphatic carbocycles. The molecule has 5 rings (SSSR count). The number of anilines is 2. The Balaban J connectivity index is 1.36. The summed E-state index contributed by atoms with van der Waals surface area (Å²) in [5.74, 6) is 2.92. The van der Waals surface area contributed by atoms with Crippen molar-refractivity contribution < 1.29 is 14.3 Å². The van der Waals surface area contributed by atoms with Crippen molar-refractivity contribution in [1.82, 2.24) is 24.5 Å². The third-order valence-corrected chi connectivity index (χ3v) is 5.87. The molecule has 2 aromatic heterocycles. The average Bonchev–Trinajstić information content (AvgIpc) is 3.37. The van der Waals surface area contributed by atoms with Crippen LogP contribution >= 0.6 is 0 Å². The number of hydrogen-bond donors (Lipinski definition) is 1.